The summed E-state index contributed by atoms with van der Waals surface area (Å²) in [6, 6.07) is 1.90. The lowest BCUT2D eigenvalue weighted by atomic mass is 10.1. The number of amides is 1. The van der Waals surface area contributed by atoms with Crippen molar-refractivity contribution in [1.29, 1.82) is 0 Å². The molecule has 2 rings (SSSR count). The summed E-state index contributed by atoms with van der Waals surface area (Å²) in [6.45, 7) is 1.80. The first kappa shape index (κ1) is 11.5. The first-order chi connectivity index (χ1) is 8.29. The monoisotopic (exact) mass is 234 g/mol. The molecule has 6 heteroatoms. The molecule has 1 amide bonds. The molecule has 1 aromatic rings. The van der Waals surface area contributed by atoms with E-state index in [4.69, 9.17) is 9.95 Å². The van der Waals surface area contributed by atoms with Crippen molar-refractivity contribution in [1.82, 2.24) is 4.90 Å². The zero-order chi connectivity index (χ0) is 12.1. The molecular weight excluding hydrogens is 220 g/mol. The fourth-order valence-electron chi connectivity index (χ4n) is 2.04. The summed E-state index contributed by atoms with van der Waals surface area (Å²) in [5.74, 6) is 0.314. The van der Waals surface area contributed by atoms with E-state index < -0.39 is 0 Å². The Balaban J connectivity index is 1.81. The van der Waals surface area contributed by atoms with Crippen LogP contribution in [-0.2, 0) is 11.2 Å². The van der Waals surface area contributed by atoms with Crippen LogP contribution in [0.4, 0.5) is 0 Å². The lowest BCUT2D eigenvalue weighted by molar-refractivity contribution is -0.127. The van der Waals surface area contributed by atoms with Crippen molar-refractivity contribution in [2.45, 2.75) is 12.8 Å². The Morgan fingerprint density at radius 3 is 3.24 bits per heavy atom. The van der Waals surface area contributed by atoms with E-state index in [0.717, 1.165) is 12.0 Å². The normalized spacial score (nSPS) is 19.4. The standard InChI is InChI=1S/C11H14N4O2/c12-14-13-6-10-5-11(16)15(7-10)3-1-9-2-4-17-8-9/h2,4,8,10H,1,3,5-7H2. The van der Waals surface area contributed by atoms with Crippen molar-refractivity contribution in [3.8, 4) is 0 Å². The minimum Gasteiger partial charge on any atom is -0.472 e. The van der Waals surface area contributed by atoms with Crippen LogP contribution in [0.15, 0.2) is 28.1 Å². The number of hydrogen-bond acceptors (Lipinski definition) is 3. The molecule has 1 saturated heterocycles. The minimum absolute atomic E-state index is 0.145. The second kappa shape index (κ2) is 5.41. The van der Waals surface area contributed by atoms with Crippen molar-refractivity contribution in [3.05, 3.63) is 34.6 Å². The van der Waals surface area contributed by atoms with Crippen LogP contribution in [0.5, 0.6) is 0 Å². The van der Waals surface area contributed by atoms with E-state index >= 15 is 0 Å². The van der Waals surface area contributed by atoms with Crippen molar-refractivity contribution in [3.63, 3.8) is 0 Å². The van der Waals surface area contributed by atoms with E-state index in [1.165, 1.54) is 0 Å². The van der Waals surface area contributed by atoms with Crippen LogP contribution in [0, 0.1) is 5.92 Å². The van der Waals surface area contributed by atoms with Gasteiger partial charge in [-0.3, -0.25) is 4.79 Å². The van der Waals surface area contributed by atoms with E-state index in [9.17, 15) is 4.79 Å². The van der Waals surface area contributed by atoms with Crippen LogP contribution in [-0.4, -0.2) is 30.4 Å². The SMILES string of the molecule is [N-]=[N+]=NCC1CC(=O)N(CCc2ccoc2)C1. The third kappa shape index (κ3) is 3.01. The summed E-state index contributed by atoms with van der Waals surface area (Å²) < 4.78 is 4.97. The van der Waals surface area contributed by atoms with Crippen LogP contribution >= 0.6 is 0 Å². The van der Waals surface area contributed by atoms with Gasteiger partial charge < -0.3 is 9.32 Å². The maximum atomic E-state index is 11.7. The quantitative estimate of drug-likeness (QED) is 0.443. The topological polar surface area (TPSA) is 82.2 Å². The summed E-state index contributed by atoms with van der Waals surface area (Å²) in [4.78, 5) is 16.2. The molecule has 2 heterocycles. The van der Waals surface area contributed by atoms with Gasteiger partial charge in [-0.25, -0.2) is 0 Å². The zero-order valence-electron chi connectivity index (χ0n) is 9.45. The van der Waals surface area contributed by atoms with Gasteiger partial charge in [-0.15, -0.1) is 0 Å². The summed E-state index contributed by atoms with van der Waals surface area (Å²) in [5.41, 5.74) is 9.33. The number of likely N-dealkylation sites (tertiary alicyclic amines) is 1. The Labute approximate surface area is 98.8 Å². The molecule has 0 saturated carbocycles. The molecule has 0 N–H and O–H groups in total. The summed E-state index contributed by atoms with van der Waals surface area (Å²) >= 11 is 0. The van der Waals surface area contributed by atoms with Gasteiger partial charge in [0.25, 0.3) is 0 Å². The molecule has 17 heavy (non-hydrogen) atoms. The Hall–Kier alpha value is -1.94. The highest BCUT2D eigenvalue weighted by Gasteiger charge is 2.28. The Morgan fingerprint density at radius 2 is 2.53 bits per heavy atom. The fraction of sp³-hybridized carbons (Fsp3) is 0.545. The summed E-state index contributed by atoms with van der Waals surface area (Å²) in [5, 5.41) is 3.52. The predicted molar refractivity (Wildman–Crippen MR) is 61.1 cm³/mol. The zero-order valence-corrected chi connectivity index (χ0v) is 9.45. The van der Waals surface area contributed by atoms with E-state index in [1.54, 1.807) is 12.5 Å². The van der Waals surface area contributed by atoms with E-state index in [2.05, 4.69) is 10.0 Å². The Kier molecular flexibility index (Phi) is 3.67. The maximum Gasteiger partial charge on any atom is 0.222 e. The van der Waals surface area contributed by atoms with Crippen molar-refractivity contribution in [2.24, 2.45) is 11.0 Å². The Bertz CT molecular complexity index is 423. The van der Waals surface area contributed by atoms with Gasteiger partial charge in [-0.1, -0.05) is 5.11 Å². The average Bonchev–Trinajstić information content (AvgIpc) is 2.93. The maximum absolute atomic E-state index is 11.7. The lowest BCUT2D eigenvalue weighted by Gasteiger charge is -2.15. The van der Waals surface area contributed by atoms with Crippen LogP contribution < -0.4 is 0 Å². The van der Waals surface area contributed by atoms with Gasteiger partial charge in [0.05, 0.1) is 12.5 Å². The smallest absolute Gasteiger partial charge is 0.222 e. The molecule has 0 radical (unpaired) electrons. The molecule has 6 nitrogen and oxygen atoms in total. The number of furan rings is 1. The van der Waals surface area contributed by atoms with Crippen LogP contribution in [0.3, 0.4) is 0 Å². The number of hydrogen-bond donors (Lipinski definition) is 0. The first-order valence-electron chi connectivity index (χ1n) is 5.59. The highest BCUT2D eigenvalue weighted by Crippen LogP contribution is 2.18. The number of carbonyl (C=O) groups excluding carboxylic acids is 1. The molecule has 1 fully saturated rings. The van der Waals surface area contributed by atoms with Gasteiger partial charge in [-0.2, -0.15) is 0 Å². The van der Waals surface area contributed by atoms with Gasteiger partial charge >= 0.3 is 0 Å². The number of carbonyl (C=O) groups is 1. The van der Waals surface area contributed by atoms with Crippen molar-refractivity contribution < 1.29 is 9.21 Å². The number of azide groups is 1. The Morgan fingerprint density at radius 1 is 1.65 bits per heavy atom. The highest BCUT2D eigenvalue weighted by atomic mass is 16.3. The van der Waals surface area contributed by atoms with Crippen LogP contribution in [0.25, 0.3) is 10.4 Å². The highest BCUT2D eigenvalue weighted by molar-refractivity contribution is 5.78. The summed E-state index contributed by atoms with van der Waals surface area (Å²) in [6.07, 6.45) is 4.62. The van der Waals surface area contributed by atoms with Gasteiger partial charge in [-0.05, 0) is 29.5 Å². The van der Waals surface area contributed by atoms with Gasteiger partial charge in [0.15, 0.2) is 0 Å². The minimum atomic E-state index is 0.145. The fourth-order valence-corrected chi connectivity index (χ4v) is 2.04. The molecule has 90 valence electrons. The predicted octanol–water partition coefficient (Wildman–Crippen LogP) is 1.98. The second-order valence-corrected chi connectivity index (χ2v) is 4.20. The molecule has 1 aliphatic heterocycles. The van der Waals surface area contributed by atoms with Gasteiger partial charge in [0.2, 0.25) is 5.91 Å². The average molecular weight is 234 g/mol. The van der Waals surface area contributed by atoms with E-state index in [-0.39, 0.29) is 11.8 Å². The van der Waals surface area contributed by atoms with E-state index in [0.29, 0.717) is 26.1 Å². The van der Waals surface area contributed by atoms with Crippen LogP contribution in [0.1, 0.15) is 12.0 Å². The third-order valence-electron chi connectivity index (χ3n) is 2.95. The molecule has 0 aromatic carbocycles. The molecular formula is C11H14N4O2. The molecule has 0 aliphatic carbocycles. The lowest BCUT2D eigenvalue weighted by Crippen LogP contribution is -2.27. The number of rotatable bonds is 5. The number of nitrogens with zero attached hydrogens (tertiary/aromatic N) is 4. The van der Waals surface area contributed by atoms with Gasteiger partial charge in [0, 0.05) is 31.0 Å². The molecule has 0 spiro atoms. The largest absolute Gasteiger partial charge is 0.472 e. The molecule has 1 unspecified atom stereocenters. The molecule has 1 atom stereocenters. The molecule has 1 aliphatic rings. The van der Waals surface area contributed by atoms with Crippen molar-refractivity contribution >= 4 is 5.91 Å². The second-order valence-electron chi connectivity index (χ2n) is 4.20. The third-order valence-corrected chi connectivity index (χ3v) is 2.95. The van der Waals surface area contributed by atoms with E-state index in [1.807, 2.05) is 11.0 Å². The molecule has 1 aromatic heterocycles. The van der Waals surface area contributed by atoms with Crippen LogP contribution in [0.2, 0.25) is 0 Å². The molecule has 0 bridgehead atoms. The first-order valence-corrected chi connectivity index (χ1v) is 5.59. The van der Waals surface area contributed by atoms with Crippen molar-refractivity contribution in [2.75, 3.05) is 19.6 Å². The van der Waals surface area contributed by atoms with Gasteiger partial charge in [0.1, 0.15) is 0 Å². The summed E-state index contributed by atoms with van der Waals surface area (Å²) in [7, 11) is 0.